The number of carbonyl (C=O) groups excluding carboxylic acids is 1. The second-order valence-corrected chi connectivity index (χ2v) is 8.76. The molecule has 1 amide bonds. The average molecular weight is 473 g/mol. The first-order chi connectivity index (χ1) is 14.3. The zero-order chi connectivity index (χ0) is 23.2. The summed E-state index contributed by atoms with van der Waals surface area (Å²) in [5.74, 6) is -0.446. The molecule has 0 spiro atoms. The quantitative estimate of drug-likeness (QED) is 0.183. The van der Waals surface area contributed by atoms with Crippen LogP contribution in [0.15, 0.2) is 51.5 Å². The number of rotatable bonds is 9. The Balaban J connectivity index is 2.19. The van der Waals surface area contributed by atoms with E-state index >= 15 is 0 Å². The van der Waals surface area contributed by atoms with E-state index in [1.165, 1.54) is 6.92 Å². The molecule has 0 bridgehead atoms. The highest BCUT2D eigenvalue weighted by Crippen LogP contribution is 2.34. The molecule has 0 aliphatic heterocycles. The van der Waals surface area contributed by atoms with E-state index in [0.29, 0.717) is 18.5 Å². The molecule has 31 heavy (non-hydrogen) atoms. The van der Waals surface area contributed by atoms with Crippen molar-refractivity contribution < 1.29 is 34.9 Å². The van der Waals surface area contributed by atoms with Gasteiger partial charge in [-0.25, -0.2) is 4.18 Å². The number of nitrogens with one attached hydrogen (secondary N) is 1. The van der Waals surface area contributed by atoms with Gasteiger partial charge in [0.05, 0.1) is 23.7 Å². The Bertz CT molecular complexity index is 1190. The van der Waals surface area contributed by atoms with E-state index in [9.17, 15) is 26.2 Å². The molecule has 0 aromatic heterocycles. The van der Waals surface area contributed by atoms with Crippen molar-refractivity contribution in [3.8, 4) is 0 Å². The largest absolute Gasteiger partial charge is 0.398 e. The van der Waals surface area contributed by atoms with Crippen molar-refractivity contribution in [2.24, 2.45) is 10.2 Å². The highest BCUT2D eigenvalue weighted by atomic mass is 32.3. The monoisotopic (exact) mass is 472 g/mol. The van der Waals surface area contributed by atoms with E-state index in [1.807, 2.05) is 0 Å². The van der Waals surface area contributed by atoms with E-state index in [-0.39, 0.29) is 23.7 Å². The van der Waals surface area contributed by atoms with Crippen LogP contribution in [0.3, 0.4) is 0 Å². The van der Waals surface area contributed by atoms with Crippen molar-refractivity contribution >= 4 is 49.2 Å². The molecule has 2 rings (SSSR count). The molecule has 0 unspecified atom stereocenters. The summed E-state index contributed by atoms with van der Waals surface area (Å²) < 4.78 is 66.0. The Labute approximate surface area is 178 Å². The minimum absolute atomic E-state index is 0.0385. The lowest BCUT2D eigenvalue weighted by molar-refractivity contribution is -0.114. The number of hydrogen-bond acceptors (Lipinski definition) is 9. The first kappa shape index (κ1) is 24.4. The summed E-state index contributed by atoms with van der Waals surface area (Å²) in [6.45, 7) is 1.08. The molecule has 0 saturated heterocycles. The molecular formula is C17H20N4O8S2. The summed E-state index contributed by atoms with van der Waals surface area (Å²) in [4.78, 5) is 10.8. The Hall–Kier alpha value is -2.91. The summed E-state index contributed by atoms with van der Waals surface area (Å²) in [5.41, 5.74) is 6.67. The molecule has 0 aliphatic carbocycles. The number of benzene rings is 2. The molecule has 168 valence electrons. The summed E-state index contributed by atoms with van der Waals surface area (Å²) in [6, 6.07) is 8.79. The Morgan fingerprint density at radius 2 is 1.74 bits per heavy atom. The van der Waals surface area contributed by atoms with Crippen LogP contribution in [0.5, 0.6) is 0 Å². The molecule has 0 fully saturated rings. The van der Waals surface area contributed by atoms with E-state index < -0.39 is 31.3 Å². The highest BCUT2D eigenvalue weighted by molar-refractivity contribution is 7.86. The maximum atomic E-state index is 11.5. The summed E-state index contributed by atoms with van der Waals surface area (Å²) in [7, 11) is -9.07. The lowest BCUT2D eigenvalue weighted by Gasteiger charge is -2.10. The predicted octanol–water partition coefficient (Wildman–Crippen LogP) is 2.64. The van der Waals surface area contributed by atoms with Crippen molar-refractivity contribution in [3.05, 3.63) is 42.0 Å². The van der Waals surface area contributed by atoms with Crippen LogP contribution in [-0.2, 0) is 35.9 Å². The zero-order valence-electron chi connectivity index (χ0n) is 16.2. The van der Waals surface area contributed by atoms with Gasteiger partial charge in [-0.05, 0) is 42.7 Å². The lowest BCUT2D eigenvalue weighted by Crippen LogP contribution is -2.08. The number of anilines is 2. The van der Waals surface area contributed by atoms with Gasteiger partial charge >= 0.3 is 10.4 Å². The number of azo groups is 1. The van der Waals surface area contributed by atoms with E-state index in [2.05, 4.69) is 19.7 Å². The summed E-state index contributed by atoms with van der Waals surface area (Å²) >= 11 is 0. The number of nitrogens with zero attached hydrogens (tertiary/aromatic N) is 2. The SMILES string of the molecule is CC(=O)Nc1cc(N)c(S(=O)(=O)O)cc1N=Nc1ccc(CCCOS(=O)(=O)O)cc1. The van der Waals surface area contributed by atoms with E-state index in [4.69, 9.17) is 10.3 Å². The molecule has 0 saturated carbocycles. The lowest BCUT2D eigenvalue weighted by atomic mass is 10.1. The molecule has 2 aromatic carbocycles. The Morgan fingerprint density at radius 3 is 2.29 bits per heavy atom. The van der Waals surface area contributed by atoms with Gasteiger partial charge in [-0.15, -0.1) is 5.11 Å². The van der Waals surface area contributed by atoms with Crippen molar-refractivity contribution in [1.82, 2.24) is 0 Å². The maximum Gasteiger partial charge on any atom is 0.397 e. The van der Waals surface area contributed by atoms with Gasteiger partial charge in [0, 0.05) is 6.92 Å². The number of carbonyl (C=O) groups is 1. The Kier molecular flexibility index (Phi) is 7.80. The number of aryl methyl sites for hydroxylation is 1. The maximum absolute atomic E-state index is 11.5. The van der Waals surface area contributed by atoms with Gasteiger partial charge in [-0.3, -0.25) is 13.9 Å². The predicted molar refractivity (Wildman–Crippen MR) is 111 cm³/mol. The van der Waals surface area contributed by atoms with Gasteiger partial charge in [0.1, 0.15) is 10.6 Å². The van der Waals surface area contributed by atoms with E-state index in [1.54, 1.807) is 24.3 Å². The second-order valence-electron chi connectivity index (χ2n) is 6.28. The number of amides is 1. The normalized spacial score (nSPS) is 12.2. The van der Waals surface area contributed by atoms with Crippen LogP contribution in [0, 0.1) is 0 Å². The smallest absolute Gasteiger partial charge is 0.397 e. The first-order valence-corrected chi connectivity index (χ1v) is 11.5. The van der Waals surface area contributed by atoms with Crippen molar-refractivity contribution in [1.29, 1.82) is 0 Å². The number of nitrogens with two attached hydrogens (primary N) is 1. The first-order valence-electron chi connectivity index (χ1n) is 8.66. The molecule has 0 heterocycles. The topological polar surface area (TPSA) is 198 Å². The van der Waals surface area contributed by atoms with Crippen LogP contribution >= 0.6 is 0 Å². The van der Waals surface area contributed by atoms with Gasteiger partial charge < -0.3 is 11.1 Å². The fraction of sp³-hybridized carbons (Fsp3) is 0.235. The summed E-state index contributed by atoms with van der Waals surface area (Å²) in [5, 5.41) is 10.4. The number of hydrogen-bond donors (Lipinski definition) is 4. The third-order valence-corrected chi connectivity index (χ3v) is 5.14. The molecular weight excluding hydrogens is 452 g/mol. The van der Waals surface area contributed by atoms with Crippen molar-refractivity contribution in [3.63, 3.8) is 0 Å². The van der Waals surface area contributed by atoms with Crippen LogP contribution in [-0.4, -0.2) is 38.5 Å². The molecule has 0 aliphatic rings. The van der Waals surface area contributed by atoms with Gasteiger partial charge in [0.2, 0.25) is 5.91 Å². The van der Waals surface area contributed by atoms with Gasteiger partial charge in [0.15, 0.2) is 0 Å². The van der Waals surface area contributed by atoms with Gasteiger partial charge in [-0.1, -0.05) is 12.1 Å². The van der Waals surface area contributed by atoms with Crippen LogP contribution < -0.4 is 11.1 Å². The molecule has 5 N–H and O–H groups in total. The molecule has 0 radical (unpaired) electrons. The van der Waals surface area contributed by atoms with Crippen LogP contribution in [0.2, 0.25) is 0 Å². The van der Waals surface area contributed by atoms with E-state index in [0.717, 1.165) is 17.7 Å². The van der Waals surface area contributed by atoms with Crippen molar-refractivity contribution in [2.45, 2.75) is 24.7 Å². The fourth-order valence-electron chi connectivity index (χ4n) is 2.46. The molecule has 2 aromatic rings. The second kappa shape index (κ2) is 9.93. The molecule has 0 atom stereocenters. The third kappa shape index (κ3) is 8.03. The third-order valence-electron chi connectivity index (χ3n) is 3.77. The van der Waals surface area contributed by atoms with Crippen molar-refractivity contribution in [2.75, 3.05) is 17.7 Å². The summed E-state index contributed by atoms with van der Waals surface area (Å²) in [6.07, 6.45) is 0.833. The van der Waals surface area contributed by atoms with Gasteiger partial charge in [-0.2, -0.15) is 21.9 Å². The number of nitrogen functional groups attached to an aromatic ring is 1. The standard InChI is InChI=1S/C17H20N4O8S2/c1-11(22)19-15-9-14(18)17(30(23,24)25)10-16(15)21-20-13-6-4-12(5-7-13)3-2-8-29-31(26,27)28/h4-7,9-10H,2-3,8,18H2,1H3,(H,19,22)(H,23,24,25)(H,26,27,28). The minimum atomic E-state index is -4.61. The highest BCUT2D eigenvalue weighted by Gasteiger charge is 2.18. The molecule has 12 nitrogen and oxygen atoms in total. The van der Waals surface area contributed by atoms with Crippen LogP contribution in [0.4, 0.5) is 22.7 Å². The van der Waals surface area contributed by atoms with Gasteiger partial charge in [0.25, 0.3) is 10.1 Å². The minimum Gasteiger partial charge on any atom is -0.398 e. The Morgan fingerprint density at radius 1 is 1.10 bits per heavy atom. The zero-order valence-corrected chi connectivity index (χ0v) is 17.9. The molecule has 14 heteroatoms. The van der Waals surface area contributed by atoms with Crippen LogP contribution in [0.25, 0.3) is 0 Å². The fourth-order valence-corrected chi connectivity index (χ4v) is 3.41. The average Bonchev–Trinajstić information content (AvgIpc) is 2.63. The van der Waals surface area contributed by atoms with Crippen LogP contribution in [0.1, 0.15) is 18.9 Å².